The average Bonchev–Trinajstić information content (AvgIpc) is 2.54. The lowest BCUT2D eigenvalue weighted by atomic mass is 9.64. The first-order chi connectivity index (χ1) is 12.6. The molecule has 2 aromatic carbocycles. The molecule has 1 saturated carbocycles. The molecule has 0 bridgehead atoms. The van der Waals surface area contributed by atoms with Gasteiger partial charge in [0, 0.05) is 5.56 Å². The monoisotopic (exact) mass is 418 g/mol. The summed E-state index contributed by atoms with van der Waals surface area (Å²) in [5.74, 6) is -1.03. The molecule has 1 fully saturated rings. The van der Waals surface area contributed by atoms with E-state index in [9.17, 15) is 23.1 Å². The van der Waals surface area contributed by atoms with E-state index >= 15 is 0 Å². The van der Waals surface area contributed by atoms with Gasteiger partial charge >= 0.3 is 12.1 Å². The van der Waals surface area contributed by atoms with Crippen LogP contribution < -0.4 is 4.74 Å². The Hall–Kier alpha value is -1.92. The number of rotatable bonds is 5. The van der Waals surface area contributed by atoms with Crippen molar-refractivity contribution in [3.05, 3.63) is 52.0 Å². The Kier molecular flexibility index (Phi) is 5.32. The molecule has 0 atom stereocenters. The highest BCUT2D eigenvalue weighted by Crippen LogP contribution is 2.46. The van der Waals surface area contributed by atoms with E-state index in [1.54, 1.807) is 18.2 Å². The zero-order valence-corrected chi connectivity index (χ0v) is 15.5. The van der Waals surface area contributed by atoms with E-state index in [1.807, 2.05) is 0 Å². The number of carboxylic acid groups (broad SMARTS) is 1. The third-order valence-corrected chi connectivity index (χ3v) is 5.51. The van der Waals surface area contributed by atoms with E-state index in [4.69, 9.17) is 27.9 Å². The largest absolute Gasteiger partial charge is 0.483 e. The van der Waals surface area contributed by atoms with Crippen LogP contribution in [0.2, 0.25) is 10.0 Å². The van der Waals surface area contributed by atoms with E-state index in [0.29, 0.717) is 34.6 Å². The number of carboxylic acids is 1. The summed E-state index contributed by atoms with van der Waals surface area (Å²) in [4.78, 5) is 11.7. The van der Waals surface area contributed by atoms with Crippen molar-refractivity contribution >= 4 is 29.2 Å². The van der Waals surface area contributed by atoms with Gasteiger partial charge in [-0.15, -0.1) is 0 Å². The Labute approximate surface area is 163 Å². The second-order valence-corrected chi connectivity index (χ2v) is 7.30. The van der Waals surface area contributed by atoms with E-state index in [2.05, 4.69) is 0 Å². The molecule has 0 spiro atoms. The van der Waals surface area contributed by atoms with Gasteiger partial charge in [0.15, 0.2) is 6.61 Å². The molecular weight excluding hydrogens is 404 g/mol. The van der Waals surface area contributed by atoms with Crippen LogP contribution >= 0.6 is 23.2 Å². The second kappa shape index (κ2) is 7.24. The molecule has 1 aliphatic carbocycles. The lowest BCUT2D eigenvalue weighted by Crippen LogP contribution is -2.42. The average molecular weight is 419 g/mol. The van der Waals surface area contributed by atoms with Crippen molar-refractivity contribution < 1.29 is 27.8 Å². The summed E-state index contributed by atoms with van der Waals surface area (Å²) in [7, 11) is 0. The Morgan fingerprint density at radius 2 is 1.81 bits per heavy atom. The Bertz CT molecular complexity index is 877. The van der Waals surface area contributed by atoms with Crippen molar-refractivity contribution in [2.24, 2.45) is 0 Å². The van der Waals surface area contributed by atoms with Gasteiger partial charge < -0.3 is 9.84 Å². The minimum absolute atomic E-state index is 0.0456. The molecule has 1 N–H and O–H groups in total. The fraction of sp³-hybridized carbons (Fsp3) is 0.316. The van der Waals surface area contributed by atoms with Gasteiger partial charge in [0.05, 0.1) is 15.5 Å². The van der Waals surface area contributed by atoms with Crippen LogP contribution in [-0.4, -0.2) is 23.9 Å². The van der Waals surface area contributed by atoms with Crippen LogP contribution in [0.4, 0.5) is 13.2 Å². The van der Waals surface area contributed by atoms with E-state index < -0.39 is 24.2 Å². The third kappa shape index (κ3) is 4.01. The summed E-state index contributed by atoms with van der Waals surface area (Å²) < 4.78 is 43.0. The Balaban J connectivity index is 2.06. The van der Waals surface area contributed by atoms with Crippen molar-refractivity contribution in [3.63, 3.8) is 0 Å². The van der Waals surface area contributed by atoms with Gasteiger partial charge in [-0.05, 0) is 42.2 Å². The topological polar surface area (TPSA) is 46.5 Å². The first kappa shape index (κ1) is 19.8. The molecule has 0 saturated heterocycles. The summed E-state index contributed by atoms with van der Waals surface area (Å²) in [5, 5.41) is 10.2. The number of benzene rings is 2. The molecule has 8 heteroatoms. The van der Waals surface area contributed by atoms with Crippen molar-refractivity contribution in [1.82, 2.24) is 0 Å². The molecule has 144 valence electrons. The molecule has 0 aromatic heterocycles. The maximum Gasteiger partial charge on any atom is 0.422 e. The van der Waals surface area contributed by atoms with Gasteiger partial charge in [0.2, 0.25) is 0 Å². The second-order valence-electron chi connectivity index (χ2n) is 6.48. The van der Waals surface area contributed by atoms with Gasteiger partial charge in [0.25, 0.3) is 0 Å². The van der Waals surface area contributed by atoms with Crippen LogP contribution in [-0.2, 0) is 10.2 Å². The smallest absolute Gasteiger partial charge is 0.422 e. The number of hydrogen-bond donors (Lipinski definition) is 1. The van der Waals surface area contributed by atoms with Crippen molar-refractivity contribution in [2.75, 3.05) is 6.61 Å². The van der Waals surface area contributed by atoms with Crippen LogP contribution in [0.5, 0.6) is 5.75 Å². The summed E-state index contributed by atoms with van der Waals surface area (Å²) in [6.07, 6.45) is -2.90. The van der Waals surface area contributed by atoms with Crippen molar-refractivity contribution in [2.45, 2.75) is 30.9 Å². The Morgan fingerprint density at radius 1 is 1.11 bits per heavy atom. The predicted octanol–water partition coefficient (Wildman–Crippen LogP) is 6.11. The van der Waals surface area contributed by atoms with Crippen LogP contribution in [0.3, 0.4) is 0 Å². The van der Waals surface area contributed by atoms with Crippen LogP contribution in [0.25, 0.3) is 11.1 Å². The first-order valence-corrected chi connectivity index (χ1v) is 8.91. The molecule has 3 rings (SSSR count). The molecule has 27 heavy (non-hydrogen) atoms. The van der Waals surface area contributed by atoms with E-state index in [0.717, 1.165) is 6.42 Å². The summed E-state index contributed by atoms with van der Waals surface area (Å²) in [6.45, 7) is -1.48. The molecule has 0 heterocycles. The molecule has 2 aromatic rings. The summed E-state index contributed by atoms with van der Waals surface area (Å²) in [6, 6.07) is 9.23. The van der Waals surface area contributed by atoms with Gasteiger partial charge in [-0.3, -0.25) is 4.79 Å². The maximum absolute atomic E-state index is 12.7. The molecule has 0 amide bonds. The van der Waals surface area contributed by atoms with Crippen LogP contribution in [0, 0.1) is 0 Å². The highest BCUT2D eigenvalue weighted by Gasteiger charge is 2.46. The minimum Gasteiger partial charge on any atom is -0.483 e. The lowest BCUT2D eigenvalue weighted by molar-refractivity contribution is -0.153. The molecule has 1 aliphatic rings. The quantitative estimate of drug-likeness (QED) is 0.637. The molecule has 0 unspecified atom stereocenters. The minimum atomic E-state index is -4.52. The summed E-state index contributed by atoms with van der Waals surface area (Å²) >= 11 is 11.9. The Morgan fingerprint density at radius 3 is 2.33 bits per heavy atom. The van der Waals surface area contributed by atoms with E-state index in [-0.39, 0.29) is 10.8 Å². The normalized spacial score (nSPS) is 15.9. The number of alkyl halides is 3. The van der Waals surface area contributed by atoms with E-state index in [1.165, 1.54) is 18.2 Å². The number of aliphatic carboxylic acids is 1. The summed E-state index contributed by atoms with van der Waals surface area (Å²) in [5.41, 5.74) is 0.252. The van der Waals surface area contributed by atoms with Crippen LogP contribution in [0.15, 0.2) is 36.4 Å². The van der Waals surface area contributed by atoms with Gasteiger partial charge in [0.1, 0.15) is 5.75 Å². The number of carbonyl (C=O) groups is 1. The van der Waals surface area contributed by atoms with Crippen molar-refractivity contribution in [3.8, 4) is 16.9 Å². The van der Waals surface area contributed by atoms with Gasteiger partial charge in [-0.2, -0.15) is 13.2 Å². The highest BCUT2D eigenvalue weighted by molar-refractivity contribution is 6.42. The first-order valence-electron chi connectivity index (χ1n) is 8.15. The molecule has 0 radical (unpaired) electrons. The maximum atomic E-state index is 12.7. The van der Waals surface area contributed by atoms with Crippen LogP contribution in [0.1, 0.15) is 24.8 Å². The SMILES string of the molecule is O=C(O)C1(c2ccc(-c3ccc(Cl)c(Cl)c3)c(OCC(F)(F)F)c2)CCC1. The highest BCUT2D eigenvalue weighted by atomic mass is 35.5. The fourth-order valence-electron chi connectivity index (χ4n) is 3.16. The standard InChI is InChI=1S/C19H15Cl2F3O3/c20-14-5-2-11(8-15(14)21)13-4-3-12(18(17(25)26)6-1-7-18)9-16(13)27-10-19(22,23)24/h2-5,8-9H,1,6-7,10H2,(H,25,26). The van der Waals surface area contributed by atoms with Gasteiger partial charge in [-0.25, -0.2) is 0 Å². The lowest BCUT2D eigenvalue weighted by Gasteiger charge is -2.38. The van der Waals surface area contributed by atoms with Crippen molar-refractivity contribution in [1.29, 1.82) is 0 Å². The molecule has 0 aliphatic heterocycles. The fourth-order valence-corrected chi connectivity index (χ4v) is 3.46. The predicted molar refractivity (Wildman–Crippen MR) is 96.6 cm³/mol. The number of hydrogen-bond acceptors (Lipinski definition) is 2. The zero-order valence-electron chi connectivity index (χ0n) is 13.9. The molecular formula is C19H15Cl2F3O3. The molecule has 3 nitrogen and oxygen atoms in total. The third-order valence-electron chi connectivity index (χ3n) is 4.77. The number of halogens is 5. The zero-order chi connectivity index (χ0) is 19.8. The van der Waals surface area contributed by atoms with Gasteiger partial charge in [-0.1, -0.05) is 47.8 Å². The number of ether oxygens (including phenoxy) is 1.